The summed E-state index contributed by atoms with van der Waals surface area (Å²) < 4.78 is 0. The Morgan fingerprint density at radius 2 is 2.00 bits per heavy atom. The van der Waals surface area contributed by atoms with Gasteiger partial charge in [-0.05, 0) is 33.2 Å². The third-order valence-electron chi connectivity index (χ3n) is 3.83. The van der Waals surface area contributed by atoms with Crippen LogP contribution in [0.1, 0.15) is 12.7 Å². The standard InChI is InChI=1S/C16H23N5O2/c1-11(20(2)3)9-17-16(23)21(4)10-14-18-13-8-6-5-7-12(13)15(22)19-14/h5-8,11H,9-10H2,1-4H3,(H,17,23)(H,18,19,22)/t11-/m0/s1. The van der Waals surface area contributed by atoms with Gasteiger partial charge in [0, 0.05) is 19.6 Å². The van der Waals surface area contributed by atoms with E-state index in [-0.39, 0.29) is 24.2 Å². The normalized spacial score (nSPS) is 12.4. The maximum Gasteiger partial charge on any atom is 0.317 e. The number of hydrogen-bond donors (Lipinski definition) is 2. The molecule has 0 fully saturated rings. The second-order valence-corrected chi connectivity index (χ2v) is 5.88. The number of hydrogen-bond acceptors (Lipinski definition) is 4. The van der Waals surface area contributed by atoms with Crippen molar-refractivity contribution in [3.8, 4) is 0 Å². The molecule has 0 unspecified atom stereocenters. The van der Waals surface area contributed by atoms with Crippen LogP contribution in [0.15, 0.2) is 29.1 Å². The minimum atomic E-state index is -0.200. The van der Waals surface area contributed by atoms with Gasteiger partial charge in [-0.25, -0.2) is 9.78 Å². The summed E-state index contributed by atoms with van der Waals surface area (Å²) in [5, 5.41) is 3.41. The third-order valence-corrected chi connectivity index (χ3v) is 3.83. The first-order valence-electron chi connectivity index (χ1n) is 7.52. The van der Waals surface area contributed by atoms with Gasteiger partial charge >= 0.3 is 6.03 Å². The fraction of sp³-hybridized carbons (Fsp3) is 0.438. The number of H-pyrrole nitrogens is 1. The van der Waals surface area contributed by atoms with Crippen LogP contribution >= 0.6 is 0 Å². The van der Waals surface area contributed by atoms with Gasteiger partial charge < -0.3 is 20.1 Å². The van der Waals surface area contributed by atoms with Crippen LogP contribution in [0, 0.1) is 0 Å². The number of carbonyl (C=O) groups excluding carboxylic acids is 1. The molecule has 1 heterocycles. The lowest BCUT2D eigenvalue weighted by Gasteiger charge is -2.22. The molecule has 2 N–H and O–H groups in total. The average molecular weight is 317 g/mol. The highest BCUT2D eigenvalue weighted by molar-refractivity contribution is 5.77. The van der Waals surface area contributed by atoms with E-state index in [4.69, 9.17) is 0 Å². The Morgan fingerprint density at radius 1 is 1.30 bits per heavy atom. The number of urea groups is 1. The van der Waals surface area contributed by atoms with Crippen LogP contribution in [-0.4, -0.2) is 59.5 Å². The second-order valence-electron chi connectivity index (χ2n) is 5.88. The number of para-hydroxylation sites is 1. The Labute approximate surface area is 135 Å². The number of fused-ring (bicyclic) bond motifs is 1. The molecule has 0 aliphatic carbocycles. The minimum absolute atomic E-state index is 0.194. The van der Waals surface area contributed by atoms with E-state index in [1.165, 1.54) is 4.90 Å². The van der Waals surface area contributed by atoms with Gasteiger partial charge in [0.1, 0.15) is 5.82 Å². The Bertz CT molecular complexity index is 741. The van der Waals surface area contributed by atoms with Gasteiger partial charge in [0.05, 0.1) is 17.4 Å². The van der Waals surface area contributed by atoms with Gasteiger partial charge in [0.25, 0.3) is 5.56 Å². The van der Waals surface area contributed by atoms with E-state index in [0.717, 1.165) is 0 Å². The molecule has 1 atom stereocenters. The third kappa shape index (κ3) is 4.29. The Balaban J connectivity index is 2.04. The first-order chi connectivity index (χ1) is 10.9. The molecule has 0 saturated carbocycles. The number of amides is 2. The second kappa shape index (κ2) is 7.23. The maximum absolute atomic E-state index is 12.1. The first kappa shape index (κ1) is 17.0. The van der Waals surface area contributed by atoms with Crippen molar-refractivity contribution in [3.05, 3.63) is 40.4 Å². The molecular formula is C16H23N5O2. The monoisotopic (exact) mass is 317 g/mol. The van der Waals surface area contributed by atoms with E-state index in [1.807, 2.05) is 32.0 Å². The van der Waals surface area contributed by atoms with Crippen molar-refractivity contribution in [2.24, 2.45) is 0 Å². The van der Waals surface area contributed by atoms with E-state index < -0.39 is 0 Å². The maximum atomic E-state index is 12.1. The van der Waals surface area contributed by atoms with Crippen LogP contribution < -0.4 is 10.9 Å². The van der Waals surface area contributed by atoms with Crippen molar-refractivity contribution in [3.63, 3.8) is 0 Å². The molecule has 1 aromatic heterocycles. The Hall–Kier alpha value is -2.41. The van der Waals surface area contributed by atoms with Crippen LogP contribution in [0.2, 0.25) is 0 Å². The molecule has 0 radical (unpaired) electrons. The van der Waals surface area contributed by atoms with Crippen molar-refractivity contribution < 1.29 is 4.79 Å². The van der Waals surface area contributed by atoms with Crippen LogP contribution in [0.5, 0.6) is 0 Å². The highest BCUT2D eigenvalue weighted by Gasteiger charge is 2.13. The molecule has 0 aliphatic heterocycles. The summed E-state index contributed by atoms with van der Waals surface area (Å²) in [4.78, 5) is 34.8. The topological polar surface area (TPSA) is 81.3 Å². The van der Waals surface area contributed by atoms with Crippen LogP contribution in [-0.2, 0) is 6.54 Å². The van der Waals surface area contributed by atoms with Crippen LogP contribution in [0.3, 0.4) is 0 Å². The number of likely N-dealkylation sites (N-methyl/N-ethyl adjacent to an activating group) is 1. The largest absolute Gasteiger partial charge is 0.336 e. The fourth-order valence-electron chi connectivity index (χ4n) is 2.06. The van der Waals surface area contributed by atoms with E-state index in [2.05, 4.69) is 15.3 Å². The first-order valence-corrected chi connectivity index (χ1v) is 7.52. The lowest BCUT2D eigenvalue weighted by Crippen LogP contribution is -2.43. The number of nitrogens with zero attached hydrogens (tertiary/aromatic N) is 3. The van der Waals surface area contributed by atoms with E-state index in [1.54, 1.807) is 25.2 Å². The van der Waals surface area contributed by atoms with Crippen molar-refractivity contribution >= 4 is 16.9 Å². The fourth-order valence-corrected chi connectivity index (χ4v) is 2.06. The Kier molecular flexibility index (Phi) is 5.33. The van der Waals surface area contributed by atoms with Crippen molar-refractivity contribution in [1.29, 1.82) is 0 Å². The van der Waals surface area contributed by atoms with Crippen molar-refractivity contribution in [2.45, 2.75) is 19.5 Å². The zero-order valence-electron chi connectivity index (χ0n) is 14.0. The van der Waals surface area contributed by atoms with Gasteiger partial charge in [-0.15, -0.1) is 0 Å². The van der Waals surface area contributed by atoms with Crippen LogP contribution in [0.25, 0.3) is 10.9 Å². The zero-order chi connectivity index (χ0) is 17.0. The predicted molar refractivity (Wildman–Crippen MR) is 90.4 cm³/mol. The molecular weight excluding hydrogens is 294 g/mol. The number of rotatable bonds is 5. The SMILES string of the molecule is C[C@@H](CNC(=O)N(C)Cc1nc2ccccc2c(=O)[nH]1)N(C)C. The summed E-state index contributed by atoms with van der Waals surface area (Å²) in [5.74, 6) is 0.465. The quantitative estimate of drug-likeness (QED) is 0.862. The van der Waals surface area contributed by atoms with E-state index in [9.17, 15) is 9.59 Å². The molecule has 0 aliphatic rings. The van der Waals surface area contributed by atoms with E-state index >= 15 is 0 Å². The highest BCUT2D eigenvalue weighted by Crippen LogP contribution is 2.06. The van der Waals surface area contributed by atoms with Gasteiger partial charge in [-0.3, -0.25) is 4.79 Å². The van der Waals surface area contributed by atoms with Crippen molar-refractivity contribution in [1.82, 2.24) is 25.1 Å². The minimum Gasteiger partial charge on any atom is -0.336 e. The number of carbonyl (C=O) groups is 1. The Morgan fingerprint density at radius 3 is 2.70 bits per heavy atom. The molecule has 7 heteroatoms. The summed E-state index contributed by atoms with van der Waals surface area (Å²) in [6.07, 6.45) is 0. The summed E-state index contributed by atoms with van der Waals surface area (Å²) in [5.41, 5.74) is 0.432. The lowest BCUT2D eigenvalue weighted by molar-refractivity contribution is 0.201. The molecule has 1 aromatic carbocycles. The van der Waals surface area contributed by atoms with Crippen LogP contribution in [0.4, 0.5) is 4.79 Å². The molecule has 23 heavy (non-hydrogen) atoms. The number of aromatic nitrogens is 2. The zero-order valence-corrected chi connectivity index (χ0v) is 14.0. The molecule has 0 bridgehead atoms. The van der Waals surface area contributed by atoms with Gasteiger partial charge in [0.2, 0.25) is 0 Å². The van der Waals surface area contributed by atoms with Crippen molar-refractivity contribution in [2.75, 3.05) is 27.7 Å². The smallest absolute Gasteiger partial charge is 0.317 e. The average Bonchev–Trinajstić information content (AvgIpc) is 2.52. The molecule has 2 aromatic rings. The van der Waals surface area contributed by atoms with Gasteiger partial charge in [-0.2, -0.15) is 0 Å². The lowest BCUT2D eigenvalue weighted by atomic mass is 10.2. The van der Waals surface area contributed by atoms with Gasteiger partial charge in [0.15, 0.2) is 0 Å². The summed E-state index contributed by atoms with van der Waals surface area (Å²) in [6, 6.07) is 7.18. The predicted octanol–water partition coefficient (Wildman–Crippen LogP) is 1.01. The molecule has 2 rings (SSSR count). The summed E-state index contributed by atoms with van der Waals surface area (Å²) in [7, 11) is 5.60. The molecule has 0 spiro atoms. The molecule has 0 saturated heterocycles. The highest BCUT2D eigenvalue weighted by atomic mass is 16.2. The molecule has 7 nitrogen and oxygen atoms in total. The number of benzene rings is 1. The number of aromatic amines is 1. The summed E-state index contributed by atoms with van der Waals surface area (Å²) >= 11 is 0. The number of nitrogens with one attached hydrogen (secondary N) is 2. The molecule has 2 amide bonds. The molecule has 124 valence electrons. The van der Waals surface area contributed by atoms with E-state index in [0.29, 0.717) is 23.3 Å². The van der Waals surface area contributed by atoms with Gasteiger partial charge in [-0.1, -0.05) is 12.1 Å². The summed E-state index contributed by atoms with van der Waals surface area (Å²) in [6.45, 7) is 2.82.